The Morgan fingerprint density at radius 2 is 1.78 bits per heavy atom. The van der Waals surface area contributed by atoms with Gasteiger partial charge in [0.2, 0.25) is 0 Å². The fourth-order valence-corrected chi connectivity index (χ4v) is 6.12. The fourth-order valence-electron chi connectivity index (χ4n) is 4.67. The maximum Gasteiger partial charge on any atom is 0.251 e. The van der Waals surface area contributed by atoms with Crippen LogP contribution in [0.1, 0.15) is 53.1 Å². The topological polar surface area (TPSA) is 61.4 Å². The molecule has 2 heterocycles. The lowest BCUT2D eigenvalue weighted by Gasteiger charge is -2.31. The average Bonchev–Trinajstić information content (AvgIpc) is 2.84. The number of rotatable bonds is 7. The maximum atomic E-state index is 13.0. The van der Waals surface area contributed by atoms with E-state index in [0.717, 1.165) is 63.0 Å². The highest BCUT2D eigenvalue weighted by Crippen LogP contribution is 2.30. The summed E-state index contributed by atoms with van der Waals surface area (Å²) in [4.78, 5) is 13.0. The van der Waals surface area contributed by atoms with Gasteiger partial charge in [0.25, 0.3) is 5.91 Å². The van der Waals surface area contributed by atoms with Crippen LogP contribution in [0.3, 0.4) is 0 Å². The zero-order valence-corrected chi connectivity index (χ0v) is 20.0. The standard InChI is InChI=1S/C25H32ClN3O2S/c26-22-6-7-23(21-8-12-27-13-9-21)24(16-22)25(30)28-17-19-10-14-29(15-11-19)32(31)18-20-4-2-1-3-5-20/h1-7,16,19,21,27H,8-15,17-18H2,(H,28,30). The van der Waals surface area contributed by atoms with E-state index in [0.29, 0.717) is 34.7 Å². The molecular weight excluding hydrogens is 442 g/mol. The quantitative estimate of drug-likeness (QED) is 0.636. The van der Waals surface area contributed by atoms with Crippen molar-refractivity contribution in [1.82, 2.24) is 14.9 Å². The van der Waals surface area contributed by atoms with Crippen molar-refractivity contribution in [2.24, 2.45) is 5.92 Å². The van der Waals surface area contributed by atoms with Crippen molar-refractivity contribution < 1.29 is 9.00 Å². The van der Waals surface area contributed by atoms with E-state index in [1.165, 1.54) is 0 Å². The third-order valence-electron chi connectivity index (χ3n) is 6.58. The number of benzene rings is 2. The molecule has 2 aliphatic rings. The van der Waals surface area contributed by atoms with Crippen LogP contribution in [0, 0.1) is 5.92 Å². The van der Waals surface area contributed by atoms with Crippen molar-refractivity contribution >= 4 is 28.5 Å². The zero-order valence-electron chi connectivity index (χ0n) is 18.4. The number of hydrogen-bond acceptors (Lipinski definition) is 3. The molecule has 32 heavy (non-hydrogen) atoms. The molecule has 0 radical (unpaired) electrons. The Kier molecular flexibility index (Phi) is 8.36. The van der Waals surface area contributed by atoms with Crippen LogP contribution >= 0.6 is 11.6 Å². The van der Waals surface area contributed by atoms with Gasteiger partial charge in [-0.25, -0.2) is 8.51 Å². The Morgan fingerprint density at radius 1 is 1.06 bits per heavy atom. The lowest BCUT2D eigenvalue weighted by molar-refractivity contribution is 0.0940. The monoisotopic (exact) mass is 473 g/mol. The first kappa shape index (κ1) is 23.4. The number of carbonyl (C=O) groups is 1. The van der Waals surface area contributed by atoms with Crippen molar-refractivity contribution in [3.63, 3.8) is 0 Å². The molecule has 5 nitrogen and oxygen atoms in total. The number of piperidine rings is 2. The molecule has 2 saturated heterocycles. The van der Waals surface area contributed by atoms with E-state index < -0.39 is 11.0 Å². The fraction of sp³-hybridized carbons (Fsp3) is 0.480. The molecule has 2 aromatic carbocycles. The molecule has 2 fully saturated rings. The van der Waals surface area contributed by atoms with E-state index in [-0.39, 0.29) is 5.91 Å². The van der Waals surface area contributed by atoms with Gasteiger partial charge in [-0.2, -0.15) is 0 Å². The van der Waals surface area contributed by atoms with E-state index in [1.807, 2.05) is 48.5 Å². The van der Waals surface area contributed by atoms with E-state index >= 15 is 0 Å². The van der Waals surface area contributed by atoms with Crippen molar-refractivity contribution in [3.8, 4) is 0 Å². The van der Waals surface area contributed by atoms with Crippen LogP contribution in [0.25, 0.3) is 0 Å². The lowest BCUT2D eigenvalue weighted by atomic mass is 9.87. The summed E-state index contributed by atoms with van der Waals surface area (Å²) in [7, 11) is -0.997. The molecule has 4 rings (SSSR count). The van der Waals surface area contributed by atoms with Gasteiger partial charge in [-0.05, 0) is 73.9 Å². The third kappa shape index (κ3) is 6.19. The first-order valence-electron chi connectivity index (χ1n) is 11.6. The second kappa shape index (κ2) is 11.4. The molecule has 1 atom stereocenters. The van der Waals surface area contributed by atoms with Crippen LogP contribution in [-0.2, 0) is 16.7 Å². The molecule has 0 aliphatic carbocycles. The van der Waals surface area contributed by atoms with Crippen LogP contribution in [0.15, 0.2) is 48.5 Å². The Balaban J connectivity index is 1.28. The summed E-state index contributed by atoms with van der Waals surface area (Å²) in [5.41, 5.74) is 2.93. The van der Waals surface area contributed by atoms with Gasteiger partial charge in [0.15, 0.2) is 0 Å². The highest BCUT2D eigenvalue weighted by atomic mass is 35.5. The second-order valence-electron chi connectivity index (χ2n) is 8.79. The Hall–Kier alpha value is -1.73. The van der Waals surface area contributed by atoms with Crippen LogP contribution in [-0.4, -0.2) is 47.1 Å². The summed E-state index contributed by atoms with van der Waals surface area (Å²) in [6.45, 7) is 4.22. The van der Waals surface area contributed by atoms with Gasteiger partial charge in [0.1, 0.15) is 0 Å². The molecule has 1 amide bonds. The van der Waals surface area contributed by atoms with Crippen LogP contribution < -0.4 is 10.6 Å². The van der Waals surface area contributed by atoms with E-state index in [2.05, 4.69) is 14.9 Å². The zero-order chi connectivity index (χ0) is 22.3. The van der Waals surface area contributed by atoms with Crippen LogP contribution in [0.5, 0.6) is 0 Å². The molecular formula is C25H32ClN3O2S. The first-order valence-corrected chi connectivity index (χ1v) is 13.2. The molecule has 0 spiro atoms. The second-order valence-corrected chi connectivity index (χ2v) is 10.7. The van der Waals surface area contributed by atoms with Gasteiger partial charge in [0.05, 0.1) is 16.7 Å². The predicted octanol–water partition coefficient (Wildman–Crippen LogP) is 4.11. The summed E-state index contributed by atoms with van der Waals surface area (Å²) in [5.74, 6) is 1.34. The Morgan fingerprint density at radius 3 is 2.50 bits per heavy atom. The molecule has 0 bridgehead atoms. The maximum absolute atomic E-state index is 13.0. The summed E-state index contributed by atoms with van der Waals surface area (Å²) in [6, 6.07) is 15.7. The molecule has 172 valence electrons. The minimum atomic E-state index is -0.997. The van der Waals surface area contributed by atoms with E-state index in [1.54, 1.807) is 0 Å². The minimum absolute atomic E-state index is 0.0314. The van der Waals surface area contributed by atoms with Crippen molar-refractivity contribution in [2.75, 3.05) is 32.7 Å². The number of halogens is 1. The van der Waals surface area contributed by atoms with E-state index in [9.17, 15) is 9.00 Å². The van der Waals surface area contributed by atoms with Crippen molar-refractivity contribution in [2.45, 2.75) is 37.4 Å². The smallest absolute Gasteiger partial charge is 0.251 e. The van der Waals surface area contributed by atoms with Crippen molar-refractivity contribution in [1.29, 1.82) is 0 Å². The SMILES string of the molecule is O=C(NCC1CCN(S(=O)Cc2ccccc2)CC1)c1cc(Cl)ccc1C1CCNCC1. The summed E-state index contributed by atoms with van der Waals surface area (Å²) in [6.07, 6.45) is 3.97. The first-order chi connectivity index (χ1) is 15.6. The van der Waals surface area contributed by atoms with Gasteiger partial charge < -0.3 is 10.6 Å². The molecule has 0 saturated carbocycles. The average molecular weight is 474 g/mol. The molecule has 2 aromatic rings. The van der Waals surface area contributed by atoms with Gasteiger partial charge in [-0.15, -0.1) is 0 Å². The van der Waals surface area contributed by atoms with Gasteiger partial charge in [0, 0.05) is 30.2 Å². The van der Waals surface area contributed by atoms with Crippen LogP contribution in [0.4, 0.5) is 0 Å². The molecule has 1 unspecified atom stereocenters. The predicted molar refractivity (Wildman–Crippen MR) is 131 cm³/mol. The van der Waals surface area contributed by atoms with Crippen LogP contribution in [0.2, 0.25) is 5.02 Å². The number of nitrogens with zero attached hydrogens (tertiary/aromatic N) is 1. The van der Waals surface area contributed by atoms with Crippen molar-refractivity contribution in [3.05, 3.63) is 70.2 Å². The van der Waals surface area contributed by atoms with Gasteiger partial charge in [-0.3, -0.25) is 4.79 Å². The summed E-state index contributed by atoms with van der Waals surface area (Å²) < 4.78 is 14.8. The number of nitrogens with one attached hydrogen (secondary N) is 2. The number of hydrogen-bond donors (Lipinski definition) is 2. The lowest BCUT2D eigenvalue weighted by Crippen LogP contribution is -2.40. The third-order valence-corrected chi connectivity index (χ3v) is 8.34. The normalized spacial score (nSPS) is 19.5. The highest BCUT2D eigenvalue weighted by molar-refractivity contribution is 7.81. The number of amides is 1. The highest BCUT2D eigenvalue weighted by Gasteiger charge is 2.25. The Labute approximate surface area is 198 Å². The minimum Gasteiger partial charge on any atom is -0.352 e. The van der Waals surface area contributed by atoms with Gasteiger partial charge in [-0.1, -0.05) is 48.0 Å². The molecule has 2 N–H and O–H groups in total. The van der Waals surface area contributed by atoms with E-state index in [4.69, 9.17) is 11.6 Å². The Bertz CT molecular complexity index is 926. The number of carbonyl (C=O) groups excluding carboxylic acids is 1. The molecule has 0 aromatic heterocycles. The molecule has 7 heteroatoms. The largest absolute Gasteiger partial charge is 0.352 e. The molecule has 2 aliphatic heterocycles. The van der Waals surface area contributed by atoms with Gasteiger partial charge >= 0.3 is 0 Å². The summed E-state index contributed by atoms with van der Waals surface area (Å²) >= 11 is 6.23. The summed E-state index contributed by atoms with van der Waals surface area (Å²) in [5, 5.41) is 7.14.